The molecule has 2 heteroatoms. The van der Waals surface area contributed by atoms with Crippen LogP contribution in [0, 0.1) is 12.3 Å². The Morgan fingerprint density at radius 1 is 1.44 bits per heavy atom. The van der Waals surface area contributed by atoms with E-state index < -0.39 is 0 Å². The van der Waals surface area contributed by atoms with Gasteiger partial charge in [0.1, 0.15) is 0 Å². The number of hydrogen-bond donors (Lipinski definition) is 2. The van der Waals surface area contributed by atoms with Crippen molar-refractivity contribution >= 4 is 11.8 Å². The molecule has 86 valence electrons. The molecule has 16 heavy (non-hydrogen) atoms. The van der Waals surface area contributed by atoms with Crippen molar-refractivity contribution in [2.24, 2.45) is 5.73 Å². The summed E-state index contributed by atoms with van der Waals surface area (Å²) in [5.41, 5.74) is 9.57. The molecule has 0 heterocycles. The first-order chi connectivity index (χ1) is 7.69. The third-order valence-electron chi connectivity index (χ3n) is 2.61. The van der Waals surface area contributed by atoms with Crippen LogP contribution in [-0.2, 0) is 0 Å². The van der Waals surface area contributed by atoms with Crippen molar-refractivity contribution in [1.29, 1.82) is 5.41 Å². The summed E-state index contributed by atoms with van der Waals surface area (Å²) in [7, 11) is 0. The molecule has 0 aromatic heterocycles. The normalized spacial score (nSPS) is 13.6. The first kappa shape index (κ1) is 12.7. The molecule has 1 rings (SSSR count). The fourth-order valence-electron chi connectivity index (χ4n) is 1.80. The van der Waals surface area contributed by atoms with Gasteiger partial charge in [0, 0.05) is 12.3 Å². The Morgan fingerprint density at radius 2 is 2.12 bits per heavy atom. The van der Waals surface area contributed by atoms with E-state index in [1.165, 1.54) is 22.9 Å². The summed E-state index contributed by atoms with van der Waals surface area (Å²) in [6.07, 6.45) is 5.24. The Hall–Kier alpha value is -1.41. The fraction of sp³-hybridized carbons (Fsp3) is 0.357. The molecular formula is C14H20N2. The van der Waals surface area contributed by atoms with Crippen molar-refractivity contribution in [3.05, 3.63) is 41.5 Å². The maximum Gasteiger partial charge on any atom is 0.0433 e. The summed E-state index contributed by atoms with van der Waals surface area (Å²) in [5, 5.41) is 7.17. The number of rotatable bonds is 5. The molecule has 0 radical (unpaired) electrons. The van der Waals surface area contributed by atoms with Crippen molar-refractivity contribution in [3.8, 4) is 0 Å². The quantitative estimate of drug-likeness (QED) is 0.730. The molecule has 2 nitrogen and oxygen atoms in total. The second-order valence-corrected chi connectivity index (χ2v) is 3.99. The molecule has 0 saturated heterocycles. The van der Waals surface area contributed by atoms with E-state index in [9.17, 15) is 0 Å². The average Bonchev–Trinajstić information content (AvgIpc) is 2.29. The molecular weight excluding hydrogens is 196 g/mol. The van der Waals surface area contributed by atoms with Crippen LogP contribution in [0.25, 0.3) is 5.57 Å². The van der Waals surface area contributed by atoms with Gasteiger partial charge in [-0.15, -0.1) is 0 Å². The van der Waals surface area contributed by atoms with Crippen molar-refractivity contribution < 1.29 is 0 Å². The molecule has 0 fully saturated rings. The number of nitrogens with one attached hydrogen (secondary N) is 1. The van der Waals surface area contributed by atoms with E-state index >= 15 is 0 Å². The van der Waals surface area contributed by atoms with Gasteiger partial charge in [0.25, 0.3) is 0 Å². The van der Waals surface area contributed by atoms with Gasteiger partial charge < -0.3 is 11.1 Å². The van der Waals surface area contributed by atoms with Gasteiger partial charge in [0.05, 0.1) is 0 Å². The van der Waals surface area contributed by atoms with Gasteiger partial charge in [-0.3, -0.25) is 0 Å². The highest BCUT2D eigenvalue weighted by Crippen LogP contribution is 2.23. The monoisotopic (exact) mass is 216 g/mol. The minimum Gasteiger partial charge on any atom is -0.323 e. The van der Waals surface area contributed by atoms with Crippen LogP contribution in [0.4, 0.5) is 0 Å². The third-order valence-corrected chi connectivity index (χ3v) is 2.61. The lowest BCUT2D eigenvalue weighted by atomic mass is 9.95. The Balaban J connectivity index is 2.99. The second kappa shape index (κ2) is 6.23. The molecule has 1 unspecified atom stereocenters. The van der Waals surface area contributed by atoms with Crippen molar-refractivity contribution in [2.75, 3.05) is 0 Å². The van der Waals surface area contributed by atoms with Gasteiger partial charge >= 0.3 is 0 Å². The first-order valence-corrected chi connectivity index (χ1v) is 5.70. The van der Waals surface area contributed by atoms with E-state index in [0.29, 0.717) is 0 Å². The van der Waals surface area contributed by atoms with Gasteiger partial charge in [-0.05, 0) is 36.5 Å². The average molecular weight is 216 g/mol. The van der Waals surface area contributed by atoms with E-state index in [1.807, 2.05) is 12.1 Å². The smallest absolute Gasteiger partial charge is 0.0433 e. The summed E-state index contributed by atoms with van der Waals surface area (Å²) < 4.78 is 0. The van der Waals surface area contributed by atoms with E-state index in [4.69, 9.17) is 11.1 Å². The zero-order chi connectivity index (χ0) is 12.0. The van der Waals surface area contributed by atoms with E-state index in [-0.39, 0.29) is 6.04 Å². The fourth-order valence-corrected chi connectivity index (χ4v) is 1.80. The van der Waals surface area contributed by atoms with Gasteiger partial charge in [0.2, 0.25) is 0 Å². The lowest BCUT2D eigenvalue weighted by Gasteiger charge is -2.13. The number of nitrogens with two attached hydrogens (primary N) is 1. The molecule has 0 aliphatic carbocycles. The van der Waals surface area contributed by atoms with Gasteiger partial charge in [-0.1, -0.05) is 37.3 Å². The van der Waals surface area contributed by atoms with Crippen LogP contribution in [-0.4, -0.2) is 12.3 Å². The maximum absolute atomic E-state index is 7.17. The summed E-state index contributed by atoms with van der Waals surface area (Å²) in [6.45, 7) is 4.23. The molecule has 0 aliphatic rings. The topological polar surface area (TPSA) is 49.9 Å². The highest BCUT2D eigenvalue weighted by Gasteiger charge is 2.07. The van der Waals surface area contributed by atoms with Crippen LogP contribution in [0.5, 0.6) is 0 Å². The zero-order valence-electron chi connectivity index (χ0n) is 10.0. The van der Waals surface area contributed by atoms with E-state index in [2.05, 4.69) is 32.1 Å². The molecule has 3 N–H and O–H groups in total. The second-order valence-electron chi connectivity index (χ2n) is 3.99. The highest BCUT2D eigenvalue weighted by atomic mass is 14.6. The molecule has 0 bridgehead atoms. The van der Waals surface area contributed by atoms with Crippen LogP contribution in [0.15, 0.2) is 30.3 Å². The molecule has 1 aromatic rings. The largest absolute Gasteiger partial charge is 0.323 e. The molecule has 0 aliphatic heterocycles. The van der Waals surface area contributed by atoms with Crippen molar-refractivity contribution in [2.45, 2.75) is 32.7 Å². The summed E-state index contributed by atoms with van der Waals surface area (Å²) in [6, 6.07) is 8.13. The number of benzene rings is 1. The van der Waals surface area contributed by atoms with E-state index in [0.717, 1.165) is 12.8 Å². The molecule has 0 saturated carbocycles. The SMILES string of the molecule is CC/C=C(/CC(N)C=N)c1ccccc1C. The molecule has 1 aromatic carbocycles. The first-order valence-electron chi connectivity index (χ1n) is 5.70. The minimum absolute atomic E-state index is 0.183. The Kier molecular flexibility index (Phi) is 4.93. The Bertz CT molecular complexity index is 380. The summed E-state index contributed by atoms with van der Waals surface area (Å²) >= 11 is 0. The highest BCUT2D eigenvalue weighted by molar-refractivity contribution is 5.73. The van der Waals surface area contributed by atoms with Crippen LogP contribution in [0.1, 0.15) is 30.9 Å². The minimum atomic E-state index is -0.183. The van der Waals surface area contributed by atoms with Gasteiger partial charge in [-0.2, -0.15) is 0 Å². The standard InChI is InChI=1S/C14H20N2/c1-3-6-12(9-13(16)10-15)14-8-5-4-7-11(14)2/h4-8,10,13,15H,3,9,16H2,1-2H3/b12-6-,15-10?. The summed E-state index contributed by atoms with van der Waals surface area (Å²) in [4.78, 5) is 0. The van der Waals surface area contributed by atoms with Gasteiger partial charge in [0.15, 0.2) is 0 Å². The molecule has 0 spiro atoms. The van der Waals surface area contributed by atoms with Crippen LogP contribution < -0.4 is 5.73 Å². The molecule has 0 amide bonds. The number of aryl methyl sites for hydroxylation is 1. The third kappa shape index (κ3) is 3.31. The molecule has 1 atom stereocenters. The van der Waals surface area contributed by atoms with Crippen molar-refractivity contribution in [1.82, 2.24) is 0 Å². The van der Waals surface area contributed by atoms with E-state index in [1.54, 1.807) is 0 Å². The summed E-state index contributed by atoms with van der Waals surface area (Å²) in [5.74, 6) is 0. The van der Waals surface area contributed by atoms with Crippen LogP contribution in [0.3, 0.4) is 0 Å². The predicted molar refractivity (Wildman–Crippen MR) is 70.8 cm³/mol. The Morgan fingerprint density at radius 3 is 2.69 bits per heavy atom. The number of allylic oxidation sites excluding steroid dienone is 1. The van der Waals surface area contributed by atoms with Crippen LogP contribution >= 0.6 is 0 Å². The predicted octanol–water partition coefficient (Wildman–Crippen LogP) is 3.16. The Labute approximate surface area is 97.7 Å². The lowest BCUT2D eigenvalue weighted by Crippen LogP contribution is -2.21. The number of hydrogen-bond acceptors (Lipinski definition) is 2. The maximum atomic E-state index is 7.17. The van der Waals surface area contributed by atoms with Crippen LogP contribution in [0.2, 0.25) is 0 Å². The van der Waals surface area contributed by atoms with Gasteiger partial charge in [-0.25, -0.2) is 0 Å². The zero-order valence-corrected chi connectivity index (χ0v) is 10.0. The van der Waals surface area contributed by atoms with Crippen molar-refractivity contribution in [3.63, 3.8) is 0 Å². The lowest BCUT2D eigenvalue weighted by molar-refractivity contribution is 0.896.